The maximum absolute atomic E-state index is 10.8. The smallest absolute Gasteiger partial charge is 0.209 e. The monoisotopic (exact) mass is 287 g/mol. The third-order valence-corrected chi connectivity index (χ3v) is 3.45. The Kier molecular flexibility index (Phi) is 5.49. The van der Waals surface area contributed by atoms with Gasteiger partial charge in [0.05, 0.1) is 5.75 Å². The SMILES string of the molecule is CNc1ncnc(NCCCS(N)(=O)=O)c1C(C)C. The fourth-order valence-electron chi connectivity index (χ4n) is 1.76. The van der Waals surface area contributed by atoms with Crippen molar-refractivity contribution in [1.82, 2.24) is 9.97 Å². The highest BCUT2D eigenvalue weighted by molar-refractivity contribution is 7.89. The average molecular weight is 287 g/mol. The van der Waals surface area contributed by atoms with Gasteiger partial charge in [-0.15, -0.1) is 0 Å². The predicted molar refractivity (Wildman–Crippen MR) is 76.7 cm³/mol. The van der Waals surface area contributed by atoms with Gasteiger partial charge >= 0.3 is 0 Å². The Labute approximate surface area is 114 Å². The number of aromatic nitrogens is 2. The van der Waals surface area contributed by atoms with Gasteiger partial charge in [-0.05, 0) is 12.3 Å². The second-order valence-corrected chi connectivity index (χ2v) is 6.27. The molecule has 4 N–H and O–H groups in total. The van der Waals surface area contributed by atoms with Gasteiger partial charge < -0.3 is 10.6 Å². The van der Waals surface area contributed by atoms with Gasteiger partial charge in [-0.1, -0.05) is 13.8 Å². The largest absolute Gasteiger partial charge is 0.373 e. The first-order valence-electron chi connectivity index (χ1n) is 6.12. The number of primary sulfonamides is 1. The van der Waals surface area contributed by atoms with Crippen molar-refractivity contribution in [3.8, 4) is 0 Å². The van der Waals surface area contributed by atoms with E-state index in [0.29, 0.717) is 13.0 Å². The number of anilines is 2. The molecule has 0 unspecified atom stereocenters. The minimum absolute atomic E-state index is 0.0407. The molecule has 0 aliphatic carbocycles. The summed E-state index contributed by atoms with van der Waals surface area (Å²) in [5.41, 5.74) is 0.987. The molecule has 1 rings (SSSR count). The highest BCUT2D eigenvalue weighted by atomic mass is 32.2. The van der Waals surface area contributed by atoms with Crippen LogP contribution in [0.25, 0.3) is 0 Å². The van der Waals surface area contributed by atoms with Crippen LogP contribution in [-0.2, 0) is 10.0 Å². The van der Waals surface area contributed by atoms with Crippen molar-refractivity contribution in [2.45, 2.75) is 26.2 Å². The molecular weight excluding hydrogens is 266 g/mol. The Morgan fingerprint density at radius 1 is 1.32 bits per heavy atom. The zero-order chi connectivity index (χ0) is 14.5. The Bertz CT molecular complexity index is 516. The Hall–Kier alpha value is -1.41. The van der Waals surface area contributed by atoms with E-state index in [1.165, 1.54) is 6.33 Å². The van der Waals surface area contributed by atoms with E-state index < -0.39 is 10.0 Å². The Morgan fingerprint density at radius 2 is 1.95 bits per heavy atom. The number of sulfonamides is 1. The minimum Gasteiger partial charge on any atom is -0.373 e. The van der Waals surface area contributed by atoms with Crippen molar-refractivity contribution in [3.63, 3.8) is 0 Å². The van der Waals surface area contributed by atoms with Gasteiger partial charge in [0.15, 0.2) is 0 Å². The maximum atomic E-state index is 10.8. The highest BCUT2D eigenvalue weighted by Crippen LogP contribution is 2.27. The van der Waals surface area contributed by atoms with Crippen molar-refractivity contribution in [1.29, 1.82) is 0 Å². The molecule has 0 bridgehead atoms. The van der Waals surface area contributed by atoms with Crippen LogP contribution in [0, 0.1) is 0 Å². The number of nitrogens with two attached hydrogens (primary N) is 1. The van der Waals surface area contributed by atoms with Gasteiger partial charge in [0.1, 0.15) is 18.0 Å². The Morgan fingerprint density at radius 3 is 2.47 bits per heavy atom. The zero-order valence-electron chi connectivity index (χ0n) is 11.5. The summed E-state index contributed by atoms with van der Waals surface area (Å²) in [6.45, 7) is 4.60. The lowest BCUT2D eigenvalue weighted by Gasteiger charge is -2.16. The molecule has 1 heterocycles. The van der Waals surface area contributed by atoms with Crippen LogP contribution in [0.2, 0.25) is 0 Å². The van der Waals surface area contributed by atoms with Crippen LogP contribution >= 0.6 is 0 Å². The van der Waals surface area contributed by atoms with E-state index in [9.17, 15) is 8.42 Å². The summed E-state index contributed by atoms with van der Waals surface area (Å²) in [6.07, 6.45) is 1.91. The number of nitrogens with one attached hydrogen (secondary N) is 2. The lowest BCUT2D eigenvalue weighted by Crippen LogP contribution is -2.19. The molecule has 0 amide bonds. The first-order valence-corrected chi connectivity index (χ1v) is 7.83. The van der Waals surface area contributed by atoms with Crippen molar-refractivity contribution in [2.75, 3.05) is 30.0 Å². The molecule has 0 radical (unpaired) electrons. The summed E-state index contributed by atoms with van der Waals surface area (Å²) in [6, 6.07) is 0. The van der Waals surface area contributed by atoms with Crippen LogP contribution in [0.15, 0.2) is 6.33 Å². The summed E-state index contributed by atoms with van der Waals surface area (Å²) in [4.78, 5) is 8.37. The third kappa shape index (κ3) is 4.99. The molecule has 0 saturated heterocycles. The van der Waals surface area contributed by atoms with Gasteiger partial charge in [-0.25, -0.2) is 23.5 Å². The lowest BCUT2D eigenvalue weighted by atomic mass is 10.0. The molecule has 0 atom stereocenters. The zero-order valence-corrected chi connectivity index (χ0v) is 12.3. The van der Waals surface area contributed by atoms with E-state index in [1.54, 1.807) is 7.05 Å². The van der Waals surface area contributed by atoms with E-state index in [2.05, 4.69) is 34.4 Å². The molecule has 8 heteroatoms. The second kappa shape index (κ2) is 6.67. The van der Waals surface area contributed by atoms with Crippen molar-refractivity contribution in [2.24, 2.45) is 5.14 Å². The average Bonchev–Trinajstić information content (AvgIpc) is 2.32. The molecule has 0 aromatic carbocycles. The van der Waals surface area contributed by atoms with Crippen LogP contribution in [0.3, 0.4) is 0 Å². The van der Waals surface area contributed by atoms with Crippen LogP contribution in [0.4, 0.5) is 11.6 Å². The van der Waals surface area contributed by atoms with Crippen LogP contribution in [0.5, 0.6) is 0 Å². The van der Waals surface area contributed by atoms with E-state index in [0.717, 1.165) is 17.2 Å². The highest BCUT2D eigenvalue weighted by Gasteiger charge is 2.13. The number of rotatable bonds is 7. The van der Waals surface area contributed by atoms with E-state index in [4.69, 9.17) is 5.14 Å². The van der Waals surface area contributed by atoms with Gasteiger partial charge in [0, 0.05) is 19.2 Å². The standard InChI is InChI=1S/C11H21N5O2S/c1-8(2)9-10(13-3)15-7-16-11(9)14-5-4-6-19(12,17)18/h7-8H,4-6H2,1-3H3,(H2,12,17,18)(H2,13,14,15,16). The van der Waals surface area contributed by atoms with Crippen LogP contribution in [-0.4, -0.2) is 37.7 Å². The van der Waals surface area contributed by atoms with Gasteiger partial charge in [0.25, 0.3) is 0 Å². The van der Waals surface area contributed by atoms with E-state index in [-0.39, 0.29) is 11.7 Å². The molecular formula is C11H21N5O2S. The summed E-state index contributed by atoms with van der Waals surface area (Å²) in [5.74, 6) is 1.72. The van der Waals surface area contributed by atoms with Gasteiger partial charge in [0.2, 0.25) is 10.0 Å². The summed E-state index contributed by atoms with van der Waals surface area (Å²) >= 11 is 0. The fourth-order valence-corrected chi connectivity index (χ4v) is 2.31. The summed E-state index contributed by atoms with van der Waals surface area (Å²) in [5, 5.41) is 11.1. The minimum atomic E-state index is -3.40. The maximum Gasteiger partial charge on any atom is 0.209 e. The number of hydrogen-bond acceptors (Lipinski definition) is 6. The van der Waals surface area contributed by atoms with E-state index in [1.807, 2.05) is 0 Å². The second-order valence-electron chi connectivity index (χ2n) is 4.54. The molecule has 0 spiro atoms. The van der Waals surface area contributed by atoms with Crippen molar-refractivity contribution < 1.29 is 8.42 Å². The summed E-state index contributed by atoms with van der Waals surface area (Å²) in [7, 11) is -1.60. The molecule has 0 aliphatic heterocycles. The lowest BCUT2D eigenvalue weighted by molar-refractivity contribution is 0.595. The molecule has 1 aromatic rings. The van der Waals surface area contributed by atoms with E-state index >= 15 is 0 Å². The summed E-state index contributed by atoms with van der Waals surface area (Å²) < 4.78 is 21.7. The molecule has 0 fully saturated rings. The van der Waals surface area contributed by atoms with Gasteiger partial charge in [-0.3, -0.25) is 0 Å². The Balaban J connectivity index is 2.73. The quantitative estimate of drug-likeness (QED) is 0.638. The molecule has 0 saturated carbocycles. The predicted octanol–water partition coefficient (Wildman–Crippen LogP) is 0.732. The molecule has 108 valence electrons. The molecule has 1 aromatic heterocycles. The fraction of sp³-hybridized carbons (Fsp3) is 0.636. The number of nitrogens with zero attached hydrogens (tertiary/aromatic N) is 2. The molecule has 19 heavy (non-hydrogen) atoms. The van der Waals surface area contributed by atoms with Crippen LogP contribution < -0.4 is 15.8 Å². The van der Waals surface area contributed by atoms with Crippen molar-refractivity contribution >= 4 is 21.7 Å². The molecule has 0 aliphatic rings. The normalized spacial score (nSPS) is 11.6. The first kappa shape index (κ1) is 15.6. The van der Waals surface area contributed by atoms with Crippen molar-refractivity contribution in [3.05, 3.63) is 11.9 Å². The molecule has 7 nitrogen and oxygen atoms in total. The number of hydrogen-bond donors (Lipinski definition) is 3. The van der Waals surface area contributed by atoms with Gasteiger partial charge in [-0.2, -0.15) is 0 Å². The topological polar surface area (TPSA) is 110 Å². The first-order chi connectivity index (χ1) is 8.85. The van der Waals surface area contributed by atoms with Crippen LogP contribution in [0.1, 0.15) is 31.7 Å². The third-order valence-electron chi connectivity index (χ3n) is 2.60.